The summed E-state index contributed by atoms with van der Waals surface area (Å²) in [7, 11) is 0. The SMILES string of the molecule is CC.CC.Cc1ccc(-c2nc(CCOc3ccc(CN)cc3)c(C)o2)cc1. The predicted molar refractivity (Wildman–Crippen MR) is 118 cm³/mol. The Balaban J connectivity index is 0.000000921. The van der Waals surface area contributed by atoms with Gasteiger partial charge in [-0.2, -0.15) is 0 Å². The van der Waals surface area contributed by atoms with E-state index < -0.39 is 0 Å². The number of hydrogen-bond donors (Lipinski definition) is 1. The van der Waals surface area contributed by atoms with Gasteiger partial charge >= 0.3 is 0 Å². The van der Waals surface area contributed by atoms with Crippen molar-refractivity contribution in [3.05, 3.63) is 71.1 Å². The Bertz CT molecular complexity index is 790. The lowest BCUT2D eigenvalue weighted by atomic mass is 10.1. The van der Waals surface area contributed by atoms with Gasteiger partial charge < -0.3 is 14.9 Å². The summed E-state index contributed by atoms with van der Waals surface area (Å²) in [5, 5.41) is 0. The highest BCUT2D eigenvalue weighted by atomic mass is 16.5. The molecule has 1 heterocycles. The van der Waals surface area contributed by atoms with Crippen LogP contribution in [0.15, 0.2) is 52.9 Å². The first kappa shape index (κ1) is 23.4. The first-order valence-corrected chi connectivity index (χ1v) is 10.1. The van der Waals surface area contributed by atoms with Crippen LogP contribution in [0.1, 0.15) is 50.3 Å². The lowest BCUT2D eigenvalue weighted by Gasteiger charge is -2.05. The third-order valence-electron chi connectivity index (χ3n) is 3.96. The molecular formula is C24H34N2O2. The van der Waals surface area contributed by atoms with Gasteiger partial charge in [0, 0.05) is 18.5 Å². The van der Waals surface area contributed by atoms with Gasteiger partial charge in [0.05, 0.1) is 12.3 Å². The van der Waals surface area contributed by atoms with Crippen molar-refractivity contribution in [3.63, 3.8) is 0 Å². The molecule has 0 fully saturated rings. The molecule has 0 saturated heterocycles. The van der Waals surface area contributed by atoms with Gasteiger partial charge in [-0.25, -0.2) is 4.98 Å². The van der Waals surface area contributed by atoms with Gasteiger partial charge in [-0.1, -0.05) is 57.5 Å². The Hall–Kier alpha value is -2.59. The molecule has 0 unspecified atom stereocenters. The van der Waals surface area contributed by atoms with E-state index in [9.17, 15) is 0 Å². The highest BCUT2D eigenvalue weighted by Crippen LogP contribution is 2.22. The molecule has 3 aromatic rings. The smallest absolute Gasteiger partial charge is 0.226 e. The zero-order valence-corrected chi connectivity index (χ0v) is 18.1. The molecule has 0 atom stereocenters. The summed E-state index contributed by atoms with van der Waals surface area (Å²) in [6.07, 6.45) is 0.708. The quantitative estimate of drug-likeness (QED) is 0.560. The molecule has 0 bridgehead atoms. The third-order valence-corrected chi connectivity index (χ3v) is 3.96. The Morgan fingerprint density at radius 3 is 2.07 bits per heavy atom. The van der Waals surface area contributed by atoms with E-state index >= 15 is 0 Å². The van der Waals surface area contributed by atoms with E-state index in [0.29, 0.717) is 25.5 Å². The molecule has 1 aromatic heterocycles. The molecule has 28 heavy (non-hydrogen) atoms. The van der Waals surface area contributed by atoms with Crippen LogP contribution in [-0.2, 0) is 13.0 Å². The normalized spacial score (nSPS) is 9.68. The van der Waals surface area contributed by atoms with Crippen molar-refractivity contribution in [2.75, 3.05) is 6.61 Å². The highest BCUT2D eigenvalue weighted by Gasteiger charge is 2.11. The van der Waals surface area contributed by atoms with Crippen LogP contribution < -0.4 is 10.5 Å². The first-order valence-electron chi connectivity index (χ1n) is 10.1. The largest absolute Gasteiger partial charge is 0.493 e. The number of nitrogens with two attached hydrogens (primary N) is 1. The van der Waals surface area contributed by atoms with Gasteiger partial charge in [0.2, 0.25) is 5.89 Å². The molecule has 152 valence electrons. The second-order valence-electron chi connectivity index (χ2n) is 5.83. The maximum atomic E-state index is 5.79. The molecule has 0 aliphatic rings. The average Bonchev–Trinajstić information content (AvgIpc) is 3.12. The van der Waals surface area contributed by atoms with Crippen molar-refractivity contribution in [1.29, 1.82) is 0 Å². The number of aromatic nitrogens is 1. The minimum absolute atomic E-state index is 0.542. The van der Waals surface area contributed by atoms with Crippen molar-refractivity contribution in [1.82, 2.24) is 4.98 Å². The molecule has 0 aliphatic heterocycles. The summed E-state index contributed by atoms with van der Waals surface area (Å²) in [5.74, 6) is 2.34. The highest BCUT2D eigenvalue weighted by molar-refractivity contribution is 5.54. The maximum Gasteiger partial charge on any atom is 0.226 e. The summed E-state index contributed by atoms with van der Waals surface area (Å²) < 4.78 is 11.6. The molecule has 4 nitrogen and oxygen atoms in total. The molecule has 0 aliphatic carbocycles. The average molecular weight is 383 g/mol. The first-order chi connectivity index (χ1) is 13.7. The van der Waals surface area contributed by atoms with Gasteiger partial charge in [0.1, 0.15) is 11.5 Å². The molecule has 3 rings (SSSR count). The van der Waals surface area contributed by atoms with Crippen LogP contribution >= 0.6 is 0 Å². The standard InChI is InChI=1S/C20H22N2O2.2C2H6/c1-14-3-7-17(8-4-14)20-22-19(15(2)24-20)11-12-23-18-9-5-16(13-21)6-10-18;2*1-2/h3-10H,11-13,21H2,1-2H3;2*1-2H3. The molecule has 0 amide bonds. The van der Waals surface area contributed by atoms with Crippen molar-refractivity contribution in [2.45, 2.75) is 54.5 Å². The summed E-state index contributed by atoms with van der Waals surface area (Å²) in [6.45, 7) is 13.1. The zero-order valence-electron chi connectivity index (χ0n) is 18.1. The van der Waals surface area contributed by atoms with E-state index in [1.54, 1.807) is 0 Å². The lowest BCUT2D eigenvalue weighted by molar-refractivity contribution is 0.320. The molecule has 2 N–H and O–H groups in total. The fourth-order valence-corrected chi connectivity index (χ4v) is 2.47. The molecule has 0 radical (unpaired) electrons. The lowest BCUT2D eigenvalue weighted by Crippen LogP contribution is -2.03. The van der Waals surface area contributed by atoms with Crippen LogP contribution in [0.25, 0.3) is 11.5 Å². The van der Waals surface area contributed by atoms with Gasteiger partial charge in [0.25, 0.3) is 0 Å². The number of aryl methyl sites for hydroxylation is 2. The summed E-state index contributed by atoms with van der Waals surface area (Å²) in [6, 6.07) is 16.0. The van der Waals surface area contributed by atoms with Gasteiger partial charge in [-0.15, -0.1) is 0 Å². The van der Waals surface area contributed by atoms with Crippen LogP contribution in [0, 0.1) is 13.8 Å². The number of hydrogen-bond acceptors (Lipinski definition) is 4. The summed E-state index contributed by atoms with van der Waals surface area (Å²) in [4.78, 5) is 4.61. The zero-order chi connectivity index (χ0) is 20.9. The van der Waals surface area contributed by atoms with Crippen LogP contribution in [0.2, 0.25) is 0 Å². The third kappa shape index (κ3) is 6.86. The fraction of sp³-hybridized carbons (Fsp3) is 0.375. The van der Waals surface area contributed by atoms with Crippen molar-refractivity contribution < 1.29 is 9.15 Å². The van der Waals surface area contributed by atoms with Crippen molar-refractivity contribution in [3.8, 4) is 17.2 Å². The number of nitrogens with zero attached hydrogens (tertiary/aromatic N) is 1. The van der Waals surface area contributed by atoms with Gasteiger partial charge in [0.15, 0.2) is 0 Å². The van der Waals surface area contributed by atoms with Gasteiger partial charge in [-0.05, 0) is 43.7 Å². The van der Waals surface area contributed by atoms with Gasteiger partial charge in [-0.3, -0.25) is 0 Å². The van der Waals surface area contributed by atoms with Crippen LogP contribution in [0.3, 0.4) is 0 Å². The number of rotatable bonds is 6. The maximum absolute atomic E-state index is 5.79. The summed E-state index contributed by atoms with van der Waals surface area (Å²) >= 11 is 0. The Kier molecular flexibility index (Phi) is 10.7. The number of benzene rings is 2. The minimum Gasteiger partial charge on any atom is -0.493 e. The fourth-order valence-electron chi connectivity index (χ4n) is 2.47. The Morgan fingerprint density at radius 1 is 0.893 bits per heavy atom. The molecule has 0 spiro atoms. The van der Waals surface area contributed by atoms with E-state index in [0.717, 1.165) is 28.3 Å². The Labute approximate surface area is 169 Å². The Morgan fingerprint density at radius 2 is 1.50 bits per heavy atom. The molecular weight excluding hydrogens is 348 g/mol. The van der Waals surface area contributed by atoms with E-state index in [1.807, 2.05) is 71.0 Å². The topological polar surface area (TPSA) is 61.3 Å². The van der Waals surface area contributed by atoms with Crippen LogP contribution in [0.5, 0.6) is 5.75 Å². The monoisotopic (exact) mass is 382 g/mol. The number of oxazole rings is 1. The van der Waals surface area contributed by atoms with E-state index in [2.05, 4.69) is 24.0 Å². The van der Waals surface area contributed by atoms with Crippen molar-refractivity contribution >= 4 is 0 Å². The molecule has 0 saturated carbocycles. The van der Waals surface area contributed by atoms with Crippen LogP contribution in [0.4, 0.5) is 0 Å². The molecule has 4 heteroatoms. The van der Waals surface area contributed by atoms with E-state index in [4.69, 9.17) is 14.9 Å². The van der Waals surface area contributed by atoms with E-state index in [1.165, 1.54) is 5.56 Å². The second-order valence-corrected chi connectivity index (χ2v) is 5.83. The molecule has 2 aromatic carbocycles. The predicted octanol–water partition coefficient (Wildman–Crippen LogP) is 6.09. The van der Waals surface area contributed by atoms with Crippen LogP contribution in [-0.4, -0.2) is 11.6 Å². The summed E-state index contributed by atoms with van der Waals surface area (Å²) in [5.41, 5.74) is 9.83. The minimum atomic E-state index is 0.542. The number of ether oxygens (including phenoxy) is 1. The van der Waals surface area contributed by atoms with Crippen molar-refractivity contribution in [2.24, 2.45) is 5.73 Å². The second kappa shape index (κ2) is 12.7. The van der Waals surface area contributed by atoms with E-state index in [-0.39, 0.29) is 0 Å².